The molecule has 8 heteroatoms. The second kappa shape index (κ2) is 11.8. The van der Waals surface area contributed by atoms with E-state index in [0.29, 0.717) is 58.1 Å². The van der Waals surface area contributed by atoms with Gasteiger partial charge in [-0.3, -0.25) is 4.79 Å². The zero-order valence-electron chi connectivity index (χ0n) is 19.8. The first kappa shape index (κ1) is 24.8. The lowest BCUT2D eigenvalue weighted by atomic mass is 10.1. The third-order valence-electron chi connectivity index (χ3n) is 4.79. The monoisotopic (exact) mass is 444 g/mol. The molecule has 0 aromatic heterocycles. The number of benzene rings is 2. The highest BCUT2D eigenvalue weighted by molar-refractivity contribution is 6.01. The molecule has 32 heavy (non-hydrogen) atoms. The van der Waals surface area contributed by atoms with Crippen LogP contribution in [0.3, 0.4) is 0 Å². The van der Waals surface area contributed by atoms with Gasteiger partial charge in [-0.15, -0.1) is 0 Å². The molecule has 8 nitrogen and oxygen atoms in total. The van der Waals surface area contributed by atoms with E-state index in [2.05, 4.69) is 24.4 Å². The fourth-order valence-corrected chi connectivity index (χ4v) is 2.89. The van der Waals surface area contributed by atoms with Crippen molar-refractivity contribution in [3.05, 3.63) is 41.5 Å². The van der Waals surface area contributed by atoms with Gasteiger partial charge in [0.15, 0.2) is 23.0 Å². The minimum Gasteiger partial charge on any atom is -0.493 e. The first-order valence-corrected chi connectivity index (χ1v) is 10.3. The van der Waals surface area contributed by atoms with Crippen molar-refractivity contribution in [2.75, 3.05) is 35.0 Å². The smallest absolute Gasteiger partial charge is 0.271 e. The lowest BCUT2D eigenvalue weighted by Crippen LogP contribution is -2.19. The number of rotatable bonds is 11. The molecule has 0 atom stereocenters. The number of ether oxygens (including phenoxy) is 5. The van der Waals surface area contributed by atoms with Crippen molar-refractivity contribution in [2.24, 2.45) is 11.0 Å². The molecule has 0 saturated carbocycles. The van der Waals surface area contributed by atoms with E-state index >= 15 is 0 Å². The highest BCUT2D eigenvalue weighted by Crippen LogP contribution is 2.38. The Bertz CT molecular complexity index is 930. The van der Waals surface area contributed by atoms with E-state index in [1.54, 1.807) is 58.6 Å². The molecule has 0 heterocycles. The van der Waals surface area contributed by atoms with Crippen molar-refractivity contribution in [1.29, 1.82) is 0 Å². The quantitative estimate of drug-likeness (QED) is 0.411. The number of carbonyl (C=O) groups excluding carboxylic acids is 1. The summed E-state index contributed by atoms with van der Waals surface area (Å²) in [5.74, 6) is 2.74. The van der Waals surface area contributed by atoms with Crippen molar-refractivity contribution >= 4 is 11.6 Å². The number of nitrogens with zero attached hydrogens (tertiary/aromatic N) is 1. The summed E-state index contributed by atoms with van der Waals surface area (Å²) in [7, 11) is 6.16. The van der Waals surface area contributed by atoms with Gasteiger partial charge < -0.3 is 23.7 Å². The summed E-state index contributed by atoms with van der Waals surface area (Å²) in [6.07, 6.45) is 0.931. The topological polar surface area (TPSA) is 87.6 Å². The minimum atomic E-state index is -0.371. The molecule has 2 aromatic rings. The molecule has 1 amide bonds. The molecule has 1 N–H and O–H groups in total. The lowest BCUT2D eigenvalue weighted by molar-refractivity contribution is 0.0954. The van der Waals surface area contributed by atoms with Gasteiger partial charge >= 0.3 is 0 Å². The van der Waals surface area contributed by atoms with Crippen LogP contribution in [0.1, 0.15) is 43.1 Å². The fraction of sp³-hybridized carbons (Fsp3) is 0.417. The van der Waals surface area contributed by atoms with Gasteiger partial charge in [0.2, 0.25) is 5.75 Å². The van der Waals surface area contributed by atoms with Crippen LogP contribution in [-0.4, -0.2) is 46.7 Å². The van der Waals surface area contributed by atoms with Crippen molar-refractivity contribution in [2.45, 2.75) is 27.2 Å². The predicted molar refractivity (Wildman–Crippen MR) is 124 cm³/mol. The summed E-state index contributed by atoms with van der Waals surface area (Å²) < 4.78 is 27.2. The maximum atomic E-state index is 12.6. The summed E-state index contributed by atoms with van der Waals surface area (Å²) in [6.45, 7) is 6.62. The molecular weight excluding hydrogens is 412 g/mol. The second-order valence-electron chi connectivity index (χ2n) is 7.45. The van der Waals surface area contributed by atoms with Crippen LogP contribution in [0.15, 0.2) is 35.4 Å². The van der Waals surface area contributed by atoms with Crippen LogP contribution < -0.4 is 29.1 Å². The van der Waals surface area contributed by atoms with Crippen molar-refractivity contribution in [3.8, 4) is 28.7 Å². The number of methoxy groups -OCH3 is 4. The Morgan fingerprint density at radius 2 is 1.47 bits per heavy atom. The van der Waals surface area contributed by atoms with Crippen LogP contribution in [0.4, 0.5) is 0 Å². The molecule has 0 bridgehead atoms. The standard InChI is InChI=1S/C24H32N2O6/c1-15(2)10-11-32-19-9-8-17(12-20(19)28-4)24(27)26-25-16(3)18-13-21(29-5)23(31-7)22(14-18)30-6/h8-9,12-15H,10-11H2,1-7H3,(H,26,27)/b25-16+. The Morgan fingerprint density at radius 3 is 2.00 bits per heavy atom. The summed E-state index contributed by atoms with van der Waals surface area (Å²) in [5.41, 5.74) is 4.25. The predicted octanol–water partition coefficient (Wildman–Crippen LogP) is 4.30. The minimum absolute atomic E-state index is 0.371. The second-order valence-corrected chi connectivity index (χ2v) is 7.45. The number of carbonyl (C=O) groups is 1. The Hall–Kier alpha value is -3.42. The van der Waals surface area contributed by atoms with Gasteiger partial charge in [0, 0.05) is 11.1 Å². The maximum Gasteiger partial charge on any atom is 0.271 e. The molecule has 0 unspecified atom stereocenters. The highest BCUT2D eigenvalue weighted by Gasteiger charge is 2.15. The van der Waals surface area contributed by atoms with Gasteiger partial charge in [0.05, 0.1) is 40.8 Å². The average molecular weight is 445 g/mol. The first-order chi connectivity index (χ1) is 15.3. The summed E-state index contributed by atoms with van der Waals surface area (Å²) in [4.78, 5) is 12.6. The van der Waals surface area contributed by atoms with Gasteiger partial charge in [-0.2, -0.15) is 5.10 Å². The summed E-state index contributed by atoms with van der Waals surface area (Å²) >= 11 is 0. The first-order valence-electron chi connectivity index (χ1n) is 10.3. The maximum absolute atomic E-state index is 12.6. The normalized spacial score (nSPS) is 11.2. The summed E-state index contributed by atoms with van der Waals surface area (Å²) in [5, 5.41) is 4.22. The molecule has 0 fully saturated rings. The number of hydrogen-bond donors (Lipinski definition) is 1. The third kappa shape index (κ3) is 6.29. The van der Waals surface area contributed by atoms with Crippen molar-refractivity contribution in [1.82, 2.24) is 5.43 Å². The molecule has 0 saturated heterocycles. The Labute approximate surface area is 189 Å². The number of nitrogens with one attached hydrogen (secondary N) is 1. The number of hydrogen-bond acceptors (Lipinski definition) is 7. The Morgan fingerprint density at radius 1 is 0.875 bits per heavy atom. The zero-order chi connectivity index (χ0) is 23.7. The van der Waals surface area contributed by atoms with Crippen LogP contribution in [0.5, 0.6) is 28.7 Å². The Kier molecular flexibility index (Phi) is 9.19. The van der Waals surface area contributed by atoms with Gasteiger partial charge in [-0.1, -0.05) is 13.8 Å². The zero-order valence-corrected chi connectivity index (χ0v) is 19.8. The van der Waals surface area contributed by atoms with Crippen molar-refractivity contribution in [3.63, 3.8) is 0 Å². The van der Waals surface area contributed by atoms with Gasteiger partial charge in [0.1, 0.15) is 0 Å². The average Bonchev–Trinajstić information content (AvgIpc) is 2.80. The van der Waals surface area contributed by atoms with Gasteiger partial charge in [-0.05, 0) is 49.6 Å². The number of hydrazone groups is 1. The molecule has 174 valence electrons. The highest BCUT2D eigenvalue weighted by atomic mass is 16.5. The molecule has 0 aliphatic carbocycles. The van der Waals surface area contributed by atoms with Crippen LogP contribution in [0.25, 0.3) is 0 Å². The molecule has 0 aliphatic heterocycles. The van der Waals surface area contributed by atoms with Gasteiger partial charge in [-0.25, -0.2) is 5.43 Å². The van der Waals surface area contributed by atoms with E-state index in [1.807, 2.05) is 0 Å². The van der Waals surface area contributed by atoms with Crippen molar-refractivity contribution < 1.29 is 28.5 Å². The number of amides is 1. The summed E-state index contributed by atoms with van der Waals surface area (Å²) in [6, 6.07) is 8.55. The molecular formula is C24H32N2O6. The molecule has 0 aliphatic rings. The Balaban J connectivity index is 2.17. The van der Waals surface area contributed by atoms with E-state index in [9.17, 15) is 4.79 Å². The van der Waals surface area contributed by atoms with Crippen LogP contribution >= 0.6 is 0 Å². The lowest BCUT2D eigenvalue weighted by Gasteiger charge is -2.14. The SMILES string of the molecule is COc1cc(C(=O)N/N=C(\C)c2cc(OC)c(OC)c(OC)c2)ccc1OCCC(C)C. The van der Waals surface area contributed by atoms with Crippen LogP contribution in [0, 0.1) is 5.92 Å². The van der Waals surface area contributed by atoms with Crippen LogP contribution in [-0.2, 0) is 0 Å². The fourth-order valence-electron chi connectivity index (χ4n) is 2.89. The van der Waals surface area contributed by atoms with Crippen LogP contribution in [0.2, 0.25) is 0 Å². The molecule has 2 aromatic carbocycles. The third-order valence-corrected chi connectivity index (χ3v) is 4.79. The largest absolute Gasteiger partial charge is 0.493 e. The van der Waals surface area contributed by atoms with E-state index in [0.717, 1.165) is 6.42 Å². The van der Waals surface area contributed by atoms with E-state index in [4.69, 9.17) is 23.7 Å². The van der Waals surface area contributed by atoms with E-state index < -0.39 is 0 Å². The molecule has 0 radical (unpaired) electrons. The van der Waals surface area contributed by atoms with E-state index in [-0.39, 0.29) is 5.91 Å². The molecule has 0 spiro atoms. The van der Waals surface area contributed by atoms with E-state index in [1.165, 1.54) is 7.11 Å². The van der Waals surface area contributed by atoms with Gasteiger partial charge in [0.25, 0.3) is 5.91 Å². The molecule has 2 rings (SSSR count).